The highest BCUT2D eigenvalue weighted by Gasteiger charge is 2.37. The lowest BCUT2D eigenvalue weighted by Crippen LogP contribution is -2.40. The number of aliphatic carboxylic acids is 2. The second kappa shape index (κ2) is 13.4. The van der Waals surface area contributed by atoms with Crippen LogP contribution in [-0.2, 0) is 21.5 Å². The number of ether oxygens (including phenoxy) is 1. The predicted molar refractivity (Wildman–Crippen MR) is 162 cm³/mol. The fourth-order valence-electron chi connectivity index (χ4n) is 6.19. The van der Waals surface area contributed by atoms with E-state index in [0.29, 0.717) is 5.92 Å². The normalized spacial score (nSPS) is 16.7. The number of benzene rings is 3. The van der Waals surface area contributed by atoms with Gasteiger partial charge < -0.3 is 24.4 Å². The van der Waals surface area contributed by atoms with Crippen LogP contribution in [-0.4, -0.2) is 51.3 Å². The largest absolute Gasteiger partial charge is 0.484 e. The monoisotopic (exact) mass is 577 g/mol. The number of piperidine rings is 1. The van der Waals surface area contributed by atoms with Crippen molar-refractivity contribution in [3.8, 4) is 11.8 Å². The Labute approximate surface area is 251 Å². The summed E-state index contributed by atoms with van der Waals surface area (Å²) in [6.45, 7) is 3.81. The van der Waals surface area contributed by atoms with Crippen molar-refractivity contribution in [2.75, 3.05) is 19.6 Å². The average molecular weight is 578 g/mol. The van der Waals surface area contributed by atoms with Crippen molar-refractivity contribution < 1.29 is 24.5 Å². The Balaban J connectivity index is 0.000000559. The molecule has 8 heteroatoms. The Kier molecular flexibility index (Phi) is 9.23. The van der Waals surface area contributed by atoms with Gasteiger partial charge >= 0.3 is 11.9 Å². The summed E-state index contributed by atoms with van der Waals surface area (Å²) in [5.74, 6) is -2.16. The molecule has 1 saturated heterocycles. The quantitative estimate of drug-likeness (QED) is 0.281. The number of carboxylic acids is 2. The molecule has 0 bridgehead atoms. The number of para-hydroxylation sites is 1. The van der Waals surface area contributed by atoms with Gasteiger partial charge in [0.15, 0.2) is 0 Å². The van der Waals surface area contributed by atoms with Crippen molar-refractivity contribution in [3.63, 3.8) is 0 Å². The lowest BCUT2D eigenvalue weighted by Gasteiger charge is -2.37. The number of carbonyl (C=O) groups is 2. The van der Waals surface area contributed by atoms with E-state index in [4.69, 9.17) is 24.5 Å². The zero-order valence-electron chi connectivity index (χ0n) is 23.9. The van der Waals surface area contributed by atoms with Gasteiger partial charge in [0.05, 0.1) is 18.3 Å². The molecule has 2 N–H and O–H groups in total. The van der Waals surface area contributed by atoms with Crippen molar-refractivity contribution in [3.05, 3.63) is 126 Å². The van der Waals surface area contributed by atoms with Crippen molar-refractivity contribution in [2.24, 2.45) is 5.92 Å². The van der Waals surface area contributed by atoms with Crippen LogP contribution in [0.5, 0.6) is 5.75 Å². The van der Waals surface area contributed by atoms with E-state index in [2.05, 4.69) is 82.4 Å². The van der Waals surface area contributed by atoms with Crippen LogP contribution in [0.1, 0.15) is 47.8 Å². The molecule has 3 heterocycles. The minimum atomic E-state index is -1.82. The van der Waals surface area contributed by atoms with Gasteiger partial charge in [0.25, 0.3) is 0 Å². The van der Waals surface area contributed by atoms with E-state index in [0.717, 1.165) is 62.3 Å². The molecule has 0 amide bonds. The van der Waals surface area contributed by atoms with Crippen molar-refractivity contribution in [2.45, 2.75) is 37.3 Å². The standard InChI is InChI=1S/C33H33N3O.C2H2O4/c34-25-33(28-11-3-1-4-12-28,29-13-5-2-6-14-29)19-23-35-21-17-26(18-22-35)32-30-15-9-20-36(30)24-27-10-7-8-16-31(27)37-32;3-1(4)2(5)6/h1-16,20,26,32H,17-19,21-24H2;(H,3,4)(H,5,6). The van der Waals surface area contributed by atoms with Gasteiger partial charge in [-0.2, -0.15) is 5.26 Å². The highest BCUT2D eigenvalue weighted by molar-refractivity contribution is 6.27. The van der Waals surface area contributed by atoms with E-state index in [9.17, 15) is 5.26 Å². The van der Waals surface area contributed by atoms with Gasteiger partial charge in [0.2, 0.25) is 0 Å². The second-order valence-electron chi connectivity index (χ2n) is 11.0. The van der Waals surface area contributed by atoms with E-state index >= 15 is 0 Å². The summed E-state index contributed by atoms with van der Waals surface area (Å²) < 4.78 is 9.03. The Bertz CT molecular complexity index is 1520. The predicted octanol–water partition coefficient (Wildman–Crippen LogP) is 5.74. The number of likely N-dealkylation sites (tertiary alicyclic amines) is 1. The molecule has 0 spiro atoms. The lowest BCUT2D eigenvalue weighted by molar-refractivity contribution is -0.159. The summed E-state index contributed by atoms with van der Waals surface area (Å²) in [5.41, 5.74) is 4.03. The van der Waals surface area contributed by atoms with E-state index in [1.165, 1.54) is 11.3 Å². The SMILES string of the molecule is N#CC(CCN1CCC(C2Oc3ccccc3Cn3cccc32)CC1)(c1ccccc1)c1ccccc1.O=C(O)C(=O)O. The summed E-state index contributed by atoms with van der Waals surface area (Å²) in [4.78, 5) is 20.7. The molecule has 2 aliphatic rings. The first kappa shape index (κ1) is 29.6. The molecule has 6 rings (SSSR count). The number of hydrogen-bond donors (Lipinski definition) is 2. The van der Waals surface area contributed by atoms with Crippen LogP contribution in [0, 0.1) is 17.2 Å². The molecule has 220 valence electrons. The topological polar surface area (TPSA) is 116 Å². The van der Waals surface area contributed by atoms with E-state index in [-0.39, 0.29) is 6.10 Å². The molecule has 43 heavy (non-hydrogen) atoms. The van der Waals surface area contributed by atoms with Crippen LogP contribution >= 0.6 is 0 Å². The number of aromatic nitrogens is 1. The molecule has 0 aliphatic carbocycles. The van der Waals surface area contributed by atoms with Crippen LogP contribution in [0.15, 0.2) is 103 Å². The van der Waals surface area contributed by atoms with Gasteiger partial charge in [-0.05, 0) is 61.7 Å². The molecule has 8 nitrogen and oxygen atoms in total. The summed E-state index contributed by atoms with van der Waals surface area (Å²) >= 11 is 0. The molecule has 1 unspecified atom stereocenters. The maximum Gasteiger partial charge on any atom is 0.414 e. The fraction of sp³-hybridized carbons (Fsp3) is 0.286. The highest BCUT2D eigenvalue weighted by atomic mass is 16.5. The summed E-state index contributed by atoms with van der Waals surface area (Å²) in [6.07, 6.45) is 5.21. The number of rotatable bonds is 6. The van der Waals surface area contributed by atoms with Gasteiger partial charge in [0, 0.05) is 24.2 Å². The van der Waals surface area contributed by atoms with Gasteiger partial charge in [-0.15, -0.1) is 0 Å². The molecule has 2 aliphatic heterocycles. The smallest absolute Gasteiger partial charge is 0.414 e. The minimum Gasteiger partial charge on any atom is -0.484 e. The lowest BCUT2D eigenvalue weighted by atomic mass is 9.73. The molecular weight excluding hydrogens is 542 g/mol. The summed E-state index contributed by atoms with van der Waals surface area (Å²) in [6, 6.07) is 36.1. The van der Waals surface area contributed by atoms with E-state index < -0.39 is 17.4 Å². The average Bonchev–Trinajstić information content (AvgIpc) is 3.44. The minimum absolute atomic E-state index is 0.0765. The Morgan fingerprint density at radius 2 is 1.42 bits per heavy atom. The van der Waals surface area contributed by atoms with Crippen LogP contribution in [0.3, 0.4) is 0 Å². The molecule has 4 aromatic rings. The number of fused-ring (bicyclic) bond motifs is 2. The van der Waals surface area contributed by atoms with Crippen LogP contribution in [0.25, 0.3) is 0 Å². The molecule has 1 atom stereocenters. The maximum absolute atomic E-state index is 10.5. The molecule has 3 aromatic carbocycles. The number of nitriles is 1. The molecule has 0 radical (unpaired) electrons. The third kappa shape index (κ3) is 6.63. The first-order chi connectivity index (χ1) is 20.9. The highest BCUT2D eigenvalue weighted by Crippen LogP contribution is 2.40. The number of hydrogen-bond acceptors (Lipinski definition) is 5. The first-order valence-corrected chi connectivity index (χ1v) is 14.5. The molecule has 1 aromatic heterocycles. The Morgan fingerprint density at radius 3 is 2.00 bits per heavy atom. The fourth-order valence-corrected chi connectivity index (χ4v) is 6.19. The number of nitrogens with zero attached hydrogens (tertiary/aromatic N) is 3. The third-order valence-electron chi connectivity index (χ3n) is 8.49. The molecular formula is C35H35N3O5. The van der Waals surface area contributed by atoms with Gasteiger partial charge in [-0.1, -0.05) is 78.9 Å². The van der Waals surface area contributed by atoms with Crippen LogP contribution in [0.2, 0.25) is 0 Å². The van der Waals surface area contributed by atoms with Crippen LogP contribution < -0.4 is 4.74 Å². The third-order valence-corrected chi connectivity index (χ3v) is 8.49. The van der Waals surface area contributed by atoms with E-state index in [1.807, 2.05) is 36.4 Å². The maximum atomic E-state index is 10.5. The summed E-state index contributed by atoms with van der Waals surface area (Å²) in [7, 11) is 0. The Hall–Kier alpha value is -4.87. The van der Waals surface area contributed by atoms with Crippen molar-refractivity contribution in [1.29, 1.82) is 5.26 Å². The second-order valence-corrected chi connectivity index (χ2v) is 11.0. The molecule has 1 fully saturated rings. The molecule has 0 saturated carbocycles. The summed E-state index contributed by atoms with van der Waals surface area (Å²) in [5, 5.41) is 25.3. The zero-order chi connectivity index (χ0) is 30.2. The van der Waals surface area contributed by atoms with Crippen LogP contribution in [0.4, 0.5) is 0 Å². The van der Waals surface area contributed by atoms with Crippen molar-refractivity contribution in [1.82, 2.24) is 9.47 Å². The number of carboxylic acid groups (broad SMARTS) is 2. The zero-order valence-corrected chi connectivity index (χ0v) is 23.9. The van der Waals surface area contributed by atoms with Gasteiger partial charge in [-0.25, -0.2) is 9.59 Å². The van der Waals surface area contributed by atoms with Gasteiger partial charge in [-0.3, -0.25) is 0 Å². The van der Waals surface area contributed by atoms with Gasteiger partial charge in [0.1, 0.15) is 17.3 Å². The van der Waals surface area contributed by atoms with Crippen molar-refractivity contribution >= 4 is 11.9 Å². The van der Waals surface area contributed by atoms with E-state index in [1.54, 1.807) is 0 Å². The Morgan fingerprint density at radius 1 is 0.837 bits per heavy atom. The first-order valence-electron chi connectivity index (χ1n) is 14.5.